The quantitative estimate of drug-likeness (QED) is 0.551. The van der Waals surface area contributed by atoms with Crippen molar-refractivity contribution in [2.24, 2.45) is 0 Å². The Morgan fingerprint density at radius 3 is 2.17 bits per heavy atom. The van der Waals surface area contributed by atoms with E-state index in [2.05, 4.69) is 43.0 Å². The molecule has 2 aromatic carbocycles. The van der Waals surface area contributed by atoms with Crippen LogP contribution in [0.4, 0.5) is 5.69 Å². The summed E-state index contributed by atoms with van der Waals surface area (Å²) >= 11 is 0. The number of nitrogens with zero attached hydrogens (tertiary/aromatic N) is 3. The van der Waals surface area contributed by atoms with Crippen molar-refractivity contribution in [3.05, 3.63) is 75.8 Å². The first-order valence-electron chi connectivity index (χ1n) is 10.5. The number of nitro benzene ring substituents is 1. The zero-order valence-corrected chi connectivity index (χ0v) is 18.2. The minimum Gasteiger partial charge on any atom is -0.337 e. The lowest BCUT2D eigenvalue weighted by Gasteiger charge is -2.41. The molecule has 4 rings (SSSR count). The monoisotopic (exact) mass is 409 g/mol. The van der Waals surface area contributed by atoms with Gasteiger partial charge in [0, 0.05) is 37.6 Å². The average molecular weight is 410 g/mol. The van der Waals surface area contributed by atoms with Gasteiger partial charge in [0.2, 0.25) is 5.91 Å². The van der Waals surface area contributed by atoms with Gasteiger partial charge in [-0.2, -0.15) is 0 Å². The number of hydrogen-bond acceptors (Lipinski definition) is 4. The summed E-state index contributed by atoms with van der Waals surface area (Å²) in [5.74, 6) is 0.150. The highest BCUT2D eigenvalue weighted by Gasteiger charge is 2.51. The van der Waals surface area contributed by atoms with Gasteiger partial charge in [0.1, 0.15) is 0 Å². The molecule has 160 valence electrons. The van der Waals surface area contributed by atoms with E-state index < -0.39 is 4.92 Å². The van der Waals surface area contributed by atoms with Crippen molar-refractivity contribution in [3.8, 4) is 0 Å². The molecule has 6 heteroatoms. The molecular formula is C24H31N3O3. The molecule has 0 bridgehead atoms. The molecule has 30 heavy (non-hydrogen) atoms. The number of para-hydroxylation sites is 1. The smallest absolute Gasteiger partial charge is 0.269 e. The van der Waals surface area contributed by atoms with Crippen LogP contribution in [0.5, 0.6) is 0 Å². The minimum atomic E-state index is -0.417. The molecule has 0 aromatic heterocycles. The van der Waals surface area contributed by atoms with E-state index in [0.29, 0.717) is 6.04 Å². The van der Waals surface area contributed by atoms with Crippen LogP contribution >= 0.6 is 0 Å². The molecule has 2 unspecified atom stereocenters. The highest BCUT2D eigenvalue weighted by molar-refractivity contribution is 5.74. The number of likely N-dealkylation sites (tertiary alicyclic amines) is 1. The molecule has 1 heterocycles. The Balaban J connectivity index is 0.000000239. The van der Waals surface area contributed by atoms with Crippen LogP contribution in [-0.2, 0) is 10.2 Å². The van der Waals surface area contributed by atoms with E-state index in [1.54, 1.807) is 25.1 Å². The zero-order chi connectivity index (χ0) is 21.9. The maximum atomic E-state index is 12.0. The average Bonchev–Trinajstić information content (AvgIpc) is 3.33. The maximum Gasteiger partial charge on any atom is 0.269 e. The Kier molecular flexibility index (Phi) is 6.56. The molecule has 1 saturated heterocycles. The van der Waals surface area contributed by atoms with Crippen molar-refractivity contribution in [3.63, 3.8) is 0 Å². The van der Waals surface area contributed by atoms with Crippen molar-refractivity contribution >= 4 is 11.6 Å². The first-order chi connectivity index (χ1) is 14.2. The summed E-state index contributed by atoms with van der Waals surface area (Å²) in [6.45, 7) is 8.66. The molecule has 2 atom stereocenters. The zero-order valence-electron chi connectivity index (χ0n) is 18.2. The molecule has 2 aliphatic rings. The van der Waals surface area contributed by atoms with Gasteiger partial charge in [-0.3, -0.25) is 19.8 Å². The van der Waals surface area contributed by atoms with E-state index in [9.17, 15) is 14.9 Å². The van der Waals surface area contributed by atoms with Crippen LogP contribution in [0.25, 0.3) is 0 Å². The minimum absolute atomic E-state index is 0.0787. The normalized spacial score (nSPS) is 22.0. The second kappa shape index (κ2) is 8.96. The van der Waals surface area contributed by atoms with Gasteiger partial charge in [-0.05, 0) is 37.1 Å². The van der Waals surface area contributed by atoms with Gasteiger partial charge in [0.05, 0.1) is 11.0 Å². The Hall–Kier alpha value is -2.73. The molecule has 6 nitrogen and oxygen atoms in total. The van der Waals surface area contributed by atoms with E-state index in [0.717, 1.165) is 13.1 Å². The van der Waals surface area contributed by atoms with Crippen LogP contribution in [-0.4, -0.2) is 46.8 Å². The fraction of sp³-hybridized carbons (Fsp3) is 0.458. The lowest BCUT2D eigenvalue weighted by molar-refractivity contribution is -0.384. The molecule has 1 aliphatic heterocycles. The summed E-state index contributed by atoms with van der Waals surface area (Å²) in [4.78, 5) is 26.2. The van der Waals surface area contributed by atoms with Crippen LogP contribution in [0.15, 0.2) is 54.6 Å². The summed E-state index contributed by atoms with van der Waals surface area (Å²) in [6.07, 6.45) is 2.55. The number of carbonyl (C=O) groups excluding carboxylic acids is 1. The predicted molar refractivity (Wildman–Crippen MR) is 118 cm³/mol. The summed E-state index contributed by atoms with van der Waals surface area (Å²) in [7, 11) is 1.95. The Morgan fingerprint density at radius 1 is 1.07 bits per heavy atom. The summed E-state index contributed by atoms with van der Waals surface area (Å²) in [5, 5.41) is 10.0. The number of hydrogen-bond donors (Lipinski definition) is 0. The molecule has 1 fully saturated rings. The maximum absolute atomic E-state index is 12.0. The second-order valence-corrected chi connectivity index (χ2v) is 8.66. The summed E-state index contributed by atoms with van der Waals surface area (Å²) in [6, 6.07) is 17.2. The molecule has 0 N–H and O–H groups in total. The summed E-state index contributed by atoms with van der Waals surface area (Å²) in [5.41, 5.74) is 2.95. The highest BCUT2D eigenvalue weighted by atomic mass is 16.6. The molecule has 0 radical (unpaired) electrons. The number of amides is 1. The summed E-state index contributed by atoms with van der Waals surface area (Å²) < 4.78 is 0. The van der Waals surface area contributed by atoms with Crippen LogP contribution in [0.2, 0.25) is 0 Å². The molecular weight excluding hydrogens is 378 g/mol. The number of non-ortho nitro benzene ring substituents is 1. The predicted octanol–water partition coefficient (Wildman–Crippen LogP) is 4.56. The third-order valence-electron chi connectivity index (χ3n) is 6.43. The van der Waals surface area contributed by atoms with E-state index >= 15 is 0 Å². The van der Waals surface area contributed by atoms with Crippen LogP contribution in [0.3, 0.4) is 0 Å². The van der Waals surface area contributed by atoms with E-state index in [-0.39, 0.29) is 23.1 Å². The lowest BCUT2D eigenvalue weighted by Crippen LogP contribution is -2.50. The van der Waals surface area contributed by atoms with Gasteiger partial charge in [-0.1, -0.05) is 56.3 Å². The van der Waals surface area contributed by atoms with Gasteiger partial charge < -0.3 is 4.90 Å². The number of likely N-dealkylation sites (N-methyl/N-ethyl adjacent to an activating group) is 1. The van der Waals surface area contributed by atoms with Crippen LogP contribution < -0.4 is 0 Å². The molecule has 1 amide bonds. The SMILES string of the molecule is CC(=O)N(C)C1c2ccccc2C(C)(C)C1N1CCCC1.O=[N+]([O-])c1ccccc1. The Labute approximate surface area is 178 Å². The van der Waals surface area contributed by atoms with Crippen LogP contribution in [0, 0.1) is 10.1 Å². The van der Waals surface area contributed by atoms with Gasteiger partial charge >= 0.3 is 0 Å². The van der Waals surface area contributed by atoms with Crippen molar-refractivity contribution < 1.29 is 9.72 Å². The van der Waals surface area contributed by atoms with Crippen molar-refractivity contribution in [2.75, 3.05) is 20.1 Å². The van der Waals surface area contributed by atoms with Gasteiger partial charge in [0.15, 0.2) is 0 Å². The third-order valence-corrected chi connectivity index (χ3v) is 6.43. The van der Waals surface area contributed by atoms with E-state index in [1.807, 2.05) is 11.9 Å². The van der Waals surface area contributed by atoms with E-state index in [4.69, 9.17) is 0 Å². The fourth-order valence-corrected chi connectivity index (χ4v) is 4.91. The lowest BCUT2D eigenvalue weighted by atomic mass is 9.81. The van der Waals surface area contributed by atoms with Crippen molar-refractivity contribution in [1.82, 2.24) is 9.80 Å². The number of nitro groups is 1. The second-order valence-electron chi connectivity index (χ2n) is 8.66. The van der Waals surface area contributed by atoms with Crippen molar-refractivity contribution in [1.29, 1.82) is 0 Å². The highest BCUT2D eigenvalue weighted by Crippen LogP contribution is 2.50. The fourth-order valence-electron chi connectivity index (χ4n) is 4.91. The largest absolute Gasteiger partial charge is 0.337 e. The van der Waals surface area contributed by atoms with Crippen LogP contribution in [0.1, 0.15) is 50.8 Å². The first-order valence-corrected chi connectivity index (χ1v) is 10.5. The Morgan fingerprint density at radius 2 is 1.63 bits per heavy atom. The number of carbonyl (C=O) groups is 1. The molecule has 1 aliphatic carbocycles. The number of fused-ring (bicyclic) bond motifs is 1. The third kappa shape index (κ3) is 4.24. The van der Waals surface area contributed by atoms with Gasteiger partial charge in [-0.15, -0.1) is 0 Å². The number of rotatable bonds is 3. The molecule has 0 spiro atoms. The van der Waals surface area contributed by atoms with Gasteiger partial charge in [0.25, 0.3) is 5.69 Å². The standard InChI is InChI=1S/C18H26N2O.C6H5NO2/c1-13(21)19(4)16-14-9-5-6-10-15(14)18(2,3)17(16)20-11-7-8-12-20;8-7(9)6-4-2-1-3-5-6/h5-6,9-10,16-17H,7-8,11-12H2,1-4H3;1-5H. The molecule has 2 aromatic rings. The number of benzene rings is 2. The molecule has 0 saturated carbocycles. The first kappa shape index (κ1) is 22.0. The van der Waals surface area contributed by atoms with Crippen molar-refractivity contribution in [2.45, 2.75) is 51.1 Å². The van der Waals surface area contributed by atoms with E-state index in [1.165, 1.54) is 36.1 Å². The Bertz CT molecular complexity index is 892. The van der Waals surface area contributed by atoms with Gasteiger partial charge in [-0.25, -0.2) is 0 Å². The topological polar surface area (TPSA) is 66.7 Å².